The van der Waals surface area contributed by atoms with Gasteiger partial charge in [-0.15, -0.1) is 0 Å². The van der Waals surface area contributed by atoms with E-state index in [-0.39, 0.29) is 11.3 Å². The summed E-state index contributed by atoms with van der Waals surface area (Å²) in [6.07, 6.45) is -0.201. The molecule has 27 heavy (non-hydrogen) atoms. The predicted molar refractivity (Wildman–Crippen MR) is 102 cm³/mol. The molecule has 144 valence electrons. The zero-order valence-electron chi connectivity index (χ0n) is 15.0. The van der Waals surface area contributed by atoms with Gasteiger partial charge >= 0.3 is 5.97 Å². The van der Waals surface area contributed by atoms with Crippen molar-refractivity contribution in [2.24, 2.45) is 0 Å². The molecule has 1 saturated heterocycles. The second-order valence-electron chi connectivity index (χ2n) is 6.31. The summed E-state index contributed by atoms with van der Waals surface area (Å²) in [6, 6.07) is 13.8. The number of hydrogen-bond acceptors (Lipinski definition) is 5. The van der Waals surface area contributed by atoms with E-state index in [1.54, 1.807) is 19.2 Å². The summed E-state index contributed by atoms with van der Waals surface area (Å²) in [7, 11) is -2.04. The SMILES string of the molecule is COc1cccc(N2CCN(S(=O)(=O)c3cccc(CC(=O)O)c3)CC2)c1. The lowest BCUT2D eigenvalue weighted by Crippen LogP contribution is -2.48. The molecule has 1 fully saturated rings. The fourth-order valence-electron chi connectivity index (χ4n) is 3.13. The van der Waals surface area contributed by atoms with Crippen molar-refractivity contribution in [2.75, 3.05) is 38.2 Å². The molecule has 0 amide bonds. The van der Waals surface area contributed by atoms with Crippen LogP contribution in [0.1, 0.15) is 5.56 Å². The van der Waals surface area contributed by atoms with Crippen molar-refractivity contribution in [2.45, 2.75) is 11.3 Å². The van der Waals surface area contributed by atoms with Crippen LogP contribution in [0.15, 0.2) is 53.4 Å². The highest BCUT2D eigenvalue weighted by molar-refractivity contribution is 7.89. The number of rotatable bonds is 6. The lowest BCUT2D eigenvalue weighted by molar-refractivity contribution is -0.136. The van der Waals surface area contributed by atoms with E-state index in [0.717, 1.165) is 11.4 Å². The molecular formula is C19H22N2O5S. The van der Waals surface area contributed by atoms with Crippen LogP contribution in [0, 0.1) is 0 Å². The Morgan fingerprint density at radius 3 is 2.44 bits per heavy atom. The fourth-order valence-corrected chi connectivity index (χ4v) is 4.63. The molecule has 0 unspecified atom stereocenters. The molecule has 0 aliphatic carbocycles. The molecule has 0 bridgehead atoms. The van der Waals surface area contributed by atoms with Crippen LogP contribution in [0.2, 0.25) is 0 Å². The Morgan fingerprint density at radius 2 is 1.78 bits per heavy atom. The number of methoxy groups -OCH3 is 1. The second-order valence-corrected chi connectivity index (χ2v) is 8.25. The molecule has 7 nitrogen and oxygen atoms in total. The Bertz CT molecular complexity index is 921. The largest absolute Gasteiger partial charge is 0.497 e. The van der Waals surface area contributed by atoms with Gasteiger partial charge in [0.05, 0.1) is 18.4 Å². The number of anilines is 1. The van der Waals surface area contributed by atoms with Gasteiger partial charge < -0.3 is 14.7 Å². The number of carboxylic acids is 1. The number of piperazine rings is 1. The first-order valence-electron chi connectivity index (χ1n) is 8.60. The molecule has 0 spiro atoms. The van der Waals surface area contributed by atoms with Crippen LogP contribution in [0.5, 0.6) is 5.75 Å². The third kappa shape index (κ3) is 4.40. The minimum Gasteiger partial charge on any atom is -0.497 e. The van der Waals surface area contributed by atoms with Crippen molar-refractivity contribution < 1.29 is 23.1 Å². The third-order valence-electron chi connectivity index (χ3n) is 4.55. The molecule has 3 rings (SSSR count). The van der Waals surface area contributed by atoms with Gasteiger partial charge in [-0.3, -0.25) is 4.79 Å². The lowest BCUT2D eigenvalue weighted by Gasteiger charge is -2.35. The summed E-state index contributed by atoms with van der Waals surface area (Å²) in [5, 5.41) is 8.91. The maximum absolute atomic E-state index is 12.9. The van der Waals surface area contributed by atoms with Gasteiger partial charge in [-0.25, -0.2) is 8.42 Å². The highest BCUT2D eigenvalue weighted by atomic mass is 32.2. The molecule has 1 aliphatic rings. The van der Waals surface area contributed by atoms with Crippen LogP contribution in [0.4, 0.5) is 5.69 Å². The Kier molecular flexibility index (Phi) is 5.67. The standard InChI is InChI=1S/C19H22N2O5S/c1-26-17-6-3-5-16(14-17)20-8-10-21(11-9-20)27(24,25)18-7-2-4-15(12-18)13-19(22)23/h2-7,12,14H,8-11,13H2,1H3,(H,22,23). The number of benzene rings is 2. The number of nitrogens with zero attached hydrogens (tertiary/aromatic N) is 2. The number of hydrogen-bond donors (Lipinski definition) is 1. The zero-order valence-corrected chi connectivity index (χ0v) is 15.9. The molecule has 1 heterocycles. The molecule has 2 aromatic carbocycles. The fraction of sp³-hybridized carbons (Fsp3) is 0.316. The minimum atomic E-state index is -3.65. The molecule has 1 N–H and O–H groups in total. The van der Waals surface area contributed by atoms with Gasteiger partial charge in [0.2, 0.25) is 10.0 Å². The summed E-state index contributed by atoms with van der Waals surface area (Å²) in [5.41, 5.74) is 1.47. The first-order valence-corrected chi connectivity index (χ1v) is 10.0. The summed E-state index contributed by atoms with van der Waals surface area (Å²) in [6.45, 7) is 1.87. The molecule has 1 aliphatic heterocycles. The topological polar surface area (TPSA) is 87.2 Å². The van der Waals surface area contributed by atoms with Gasteiger partial charge in [-0.2, -0.15) is 4.31 Å². The summed E-state index contributed by atoms with van der Waals surface area (Å²) >= 11 is 0. The Labute approximate surface area is 158 Å². The maximum atomic E-state index is 12.9. The average molecular weight is 390 g/mol. The number of ether oxygens (including phenoxy) is 1. The monoisotopic (exact) mass is 390 g/mol. The number of aliphatic carboxylic acids is 1. The first-order chi connectivity index (χ1) is 12.9. The van der Waals surface area contributed by atoms with Crippen LogP contribution in [0.25, 0.3) is 0 Å². The van der Waals surface area contributed by atoms with Gasteiger partial charge in [-0.1, -0.05) is 18.2 Å². The average Bonchev–Trinajstić information content (AvgIpc) is 2.68. The Morgan fingerprint density at radius 1 is 1.07 bits per heavy atom. The van der Waals surface area contributed by atoms with E-state index in [2.05, 4.69) is 4.90 Å². The minimum absolute atomic E-state index is 0.135. The van der Waals surface area contributed by atoms with Gasteiger partial charge in [-0.05, 0) is 29.8 Å². The van der Waals surface area contributed by atoms with E-state index in [0.29, 0.717) is 31.7 Å². The highest BCUT2D eigenvalue weighted by Crippen LogP contribution is 2.24. The second kappa shape index (κ2) is 7.98. The van der Waals surface area contributed by atoms with Crippen molar-refractivity contribution in [1.29, 1.82) is 0 Å². The lowest BCUT2D eigenvalue weighted by atomic mass is 10.2. The van der Waals surface area contributed by atoms with Gasteiger partial charge in [0.25, 0.3) is 0 Å². The molecule has 8 heteroatoms. The van der Waals surface area contributed by atoms with E-state index in [9.17, 15) is 13.2 Å². The Balaban J connectivity index is 1.72. The van der Waals surface area contributed by atoms with E-state index >= 15 is 0 Å². The smallest absolute Gasteiger partial charge is 0.307 e. The highest BCUT2D eigenvalue weighted by Gasteiger charge is 2.28. The van der Waals surface area contributed by atoms with E-state index < -0.39 is 16.0 Å². The van der Waals surface area contributed by atoms with Crippen molar-refractivity contribution in [3.05, 3.63) is 54.1 Å². The van der Waals surface area contributed by atoms with Crippen LogP contribution in [-0.4, -0.2) is 57.1 Å². The molecule has 0 saturated carbocycles. The quantitative estimate of drug-likeness (QED) is 0.810. The van der Waals surface area contributed by atoms with Crippen LogP contribution in [0.3, 0.4) is 0 Å². The molecule has 0 aromatic heterocycles. The molecule has 0 radical (unpaired) electrons. The number of carbonyl (C=O) groups is 1. The Hall–Kier alpha value is -2.58. The van der Waals surface area contributed by atoms with Gasteiger partial charge in [0.15, 0.2) is 0 Å². The normalized spacial score (nSPS) is 15.5. The number of sulfonamides is 1. The van der Waals surface area contributed by atoms with Crippen molar-refractivity contribution in [1.82, 2.24) is 4.31 Å². The van der Waals surface area contributed by atoms with Crippen molar-refractivity contribution in [3.8, 4) is 5.75 Å². The van der Waals surface area contributed by atoms with Crippen molar-refractivity contribution >= 4 is 21.7 Å². The summed E-state index contributed by atoms with van der Waals surface area (Å²) in [5.74, 6) is -0.228. The van der Waals surface area contributed by atoms with Crippen molar-refractivity contribution in [3.63, 3.8) is 0 Å². The van der Waals surface area contributed by atoms with Gasteiger partial charge in [0.1, 0.15) is 5.75 Å². The summed E-state index contributed by atoms with van der Waals surface area (Å²) in [4.78, 5) is 13.1. The third-order valence-corrected chi connectivity index (χ3v) is 6.44. The molecule has 2 aromatic rings. The van der Waals surface area contributed by atoms with Crippen LogP contribution < -0.4 is 9.64 Å². The van der Waals surface area contributed by atoms with E-state index in [4.69, 9.17) is 9.84 Å². The summed E-state index contributed by atoms with van der Waals surface area (Å²) < 4.78 is 32.5. The molecule has 0 atom stereocenters. The van der Waals surface area contributed by atoms with Crippen LogP contribution in [-0.2, 0) is 21.2 Å². The zero-order chi connectivity index (χ0) is 19.4. The van der Waals surface area contributed by atoms with E-state index in [1.165, 1.54) is 16.4 Å². The van der Waals surface area contributed by atoms with E-state index in [1.807, 2.05) is 24.3 Å². The molecular weight excluding hydrogens is 368 g/mol. The maximum Gasteiger partial charge on any atom is 0.307 e. The van der Waals surface area contributed by atoms with Gasteiger partial charge in [0, 0.05) is 37.9 Å². The predicted octanol–water partition coefficient (Wildman–Crippen LogP) is 1.83. The first kappa shape index (κ1) is 19.2. The number of carboxylic acid groups (broad SMARTS) is 1. The van der Waals surface area contributed by atoms with Crippen LogP contribution >= 0.6 is 0 Å².